The van der Waals surface area contributed by atoms with Gasteiger partial charge >= 0.3 is 0 Å². The van der Waals surface area contributed by atoms with Gasteiger partial charge < -0.3 is 10.5 Å². The second-order valence-electron chi connectivity index (χ2n) is 4.17. The highest BCUT2D eigenvalue weighted by molar-refractivity contribution is 7.84. The van der Waals surface area contributed by atoms with Crippen molar-refractivity contribution in [3.63, 3.8) is 0 Å². The van der Waals surface area contributed by atoms with E-state index in [4.69, 9.17) is 10.5 Å². The number of rotatable bonds is 3. The summed E-state index contributed by atoms with van der Waals surface area (Å²) in [6, 6.07) is 7.59. The van der Waals surface area contributed by atoms with Crippen LogP contribution in [0, 0.1) is 0 Å². The van der Waals surface area contributed by atoms with Gasteiger partial charge in [-0.1, -0.05) is 12.1 Å². The molecule has 3 nitrogen and oxygen atoms in total. The Labute approximate surface area is 98.4 Å². The first-order valence-corrected chi connectivity index (χ1v) is 6.88. The maximum absolute atomic E-state index is 12.1. The zero-order chi connectivity index (χ0) is 11.5. The number of hydrogen-bond acceptors (Lipinski definition) is 3. The molecule has 1 aliphatic heterocycles. The van der Waals surface area contributed by atoms with Crippen molar-refractivity contribution in [2.75, 3.05) is 12.3 Å². The van der Waals surface area contributed by atoms with Crippen LogP contribution in [0.25, 0.3) is 0 Å². The highest BCUT2D eigenvalue weighted by Crippen LogP contribution is 2.21. The monoisotopic (exact) mass is 239 g/mol. The van der Waals surface area contributed by atoms with Crippen molar-refractivity contribution < 1.29 is 8.95 Å². The fourth-order valence-electron chi connectivity index (χ4n) is 2.01. The van der Waals surface area contributed by atoms with Crippen molar-refractivity contribution in [2.24, 2.45) is 0 Å². The van der Waals surface area contributed by atoms with Crippen LogP contribution in [0.4, 0.5) is 5.69 Å². The lowest BCUT2D eigenvalue weighted by atomic mass is 10.2. The van der Waals surface area contributed by atoms with Gasteiger partial charge in [-0.2, -0.15) is 0 Å². The molecule has 0 saturated carbocycles. The van der Waals surface area contributed by atoms with Crippen molar-refractivity contribution in [2.45, 2.75) is 30.5 Å². The third kappa shape index (κ3) is 2.62. The van der Waals surface area contributed by atoms with Gasteiger partial charge in [-0.15, -0.1) is 0 Å². The number of ether oxygens (including phenoxy) is 1. The van der Waals surface area contributed by atoms with Crippen LogP contribution in [-0.4, -0.2) is 22.2 Å². The number of benzene rings is 1. The zero-order valence-corrected chi connectivity index (χ0v) is 10.2. The summed E-state index contributed by atoms with van der Waals surface area (Å²) < 4.78 is 17.6. The number of nitrogens with two attached hydrogens (primary N) is 1. The lowest BCUT2D eigenvalue weighted by molar-refractivity contribution is 0.127. The molecule has 0 aliphatic carbocycles. The van der Waals surface area contributed by atoms with E-state index in [2.05, 4.69) is 0 Å². The minimum atomic E-state index is -0.865. The van der Waals surface area contributed by atoms with Gasteiger partial charge in [0.2, 0.25) is 0 Å². The van der Waals surface area contributed by atoms with Crippen molar-refractivity contribution >= 4 is 16.5 Å². The molecule has 0 radical (unpaired) electrons. The van der Waals surface area contributed by atoms with Crippen LogP contribution in [-0.2, 0) is 21.3 Å². The van der Waals surface area contributed by atoms with Crippen LogP contribution < -0.4 is 5.73 Å². The van der Waals surface area contributed by atoms with Gasteiger partial charge in [0.1, 0.15) is 0 Å². The lowest BCUT2D eigenvalue weighted by Crippen LogP contribution is -2.24. The van der Waals surface area contributed by atoms with Crippen LogP contribution in [0.3, 0.4) is 0 Å². The number of hydrogen-bond donors (Lipinski definition) is 1. The largest absolute Gasteiger partial charge is 0.399 e. The standard InChI is InChI=1S/C12H17NO2S/c1-9-12(5-6-15-9)16(14)8-10-3-2-4-11(13)7-10/h2-4,7,9,12H,5-6,8,13H2,1H3. The molecule has 1 aromatic rings. The Hall–Kier alpha value is -0.870. The number of anilines is 1. The molecule has 16 heavy (non-hydrogen) atoms. The SMILES string of the molecule is CC1OCCC1S(=O)Cc1cccc(N)c1. The quantitative estimate of drug-likeness (QED) is 0.817. The molecular weight excluding hydrogens is 222 g/mol. The van der Waals surface area contributed by atoms with Crippen LogP contribution >= 0.6 is 0 Å². The fourth-order valence-corrected chi connectivity index (χ4v) is 3.60. The summed E-state index contributed by atoms with van der Waals surface area (Å²) in [6.07, 6.45) is 1.01. The van der Waals surface area contributed by atoms with Crippen LogP contribution in [0.15, 0.2) is 24.3 Å². The van der Waals surface area contributed by atoms with E-state index in [-0.39, 0.29) is 11.4 Å². The first-order chi connectivity index (χ1) is 7.66. The molecule has 0 bridgehead atoms. The first kappa shape index (κ1) is 11.6. The molecule has 1 heterocycles. The fraction of sp³-hybridized carbons (Fsp3) is 0.500. The van der Waals surface area contributed by atoms with E-state index in [1.54, 1.807) is 0 Å². The molecule has 3 atom stereocenters. The van der Waals surface area contributed by atoms with Gasteiger partial charge in [-0.3, -0.25) is 4.21 Å². The van der Waals surface area contributed by atoms with Crippen LogP contribution in [0.2, 0.25) is 0 Å². The Bertz CT molecular complexity index is 394. The maximum atomic E-state index is 12.1. The van der Waals surface area contributed by atoms with E-state index in [9.17, 15) is 4.21 Å². The summed E-state index contributed by atoms with van der Waals surface area (Å²) in [6.45, 7) is 2.73. The minimum absolute atomic E-state index is 0.113. The van der Waals surface area contributed by atoms with Gasteiger partial charge in [0, 0.05) is 28.8 Å². The van der Waals surface area contributed by atoms with Gasteiger partial charge in [0.05, 0.1) is 11.4 Å². The number of nitrogen functional groups attached to an aromatic ring is 1. The molecule has 1 saturated heterocycles. The van der Waals surface area contributed by atoms with Gasteiger partial charge in [-0.05, 0) is 31.0 Å². The minimum Gasteiger partial charge on any atom is -0.399 e. The maximum Gasteiger partial charge on any atom is 0.0691 e. The highest BCUT2D eigenvalue weighted by atomic mass is 32.2. The molecule has 0 aromatic heterocycles. The Morgan fingerprint density at radius 2 is 2.38 bits per heavy atom. The summed E-state index contributed by atoms with van der Waals surface area (Å²) in [5, 5.41) is 0.168. The molecule has 1 aliphatic rings. The summed E-state index contributed by atoms with van der Waals surface area (Å²) in [4.78, 5) is 0. The van der Waals surface area contributed by atoms with E-state index in [0.717, 1.165) is 24.3 Å². The van der Waals surface area contributed by atoms with Crippen molar-refractivity contribution in [1.82, 2.24) is 0 Å². The predicted octanol–water partition coefficient (Wildman–Crippen LogP) is 1.69. The van der Waals surface area contributed by atoms with E-state index >= 15 is 0 Å². The summed E-state index contributed by atoms with van der Waals surface area (Å²) in [5.41, 5.74) is 7.46. The van der Waals surface area contributed by atoms with Crippen LogP contribution in [0.1, 0.15) is 18.9 Å². The third-order valence-corrected chi connectivity index (χ3v) is 4.82. The third-order valence-electron chi connectivity index (χ3n) is 2.90. The molecule has 4 heteroatoms. The molecule has 88 valence electrons. The highest BCUT2D eigenvalue weighted by Gasteiger charge is 2.29. The van der Waals surface area contributed by atoms with Gasteiger partial charge in [-0.25, -0.2) is 0 Å². The second kappa shape index (κ2) is 4.97. The summed E-state index contributed by atoms with van der Waals surface area (Å²) >= 11 is 0. The first-order valence-electron chi connectivity index (χ1n) is 5.50. The van der Waals surface area contributed by atoms with E-state index in [1.165, 1.54) is 0 Å². The topological polar surface area (TPSA) is 52.3 Å². The summed E-state index contributed by atoms with van der Waals surface area (Å²) in [7, 11) is -0.865. The lowest BCUT2D eigenvalue weighted by Gasteiger charge is -2.13. The van der Waals surface area contributed by atoms with E-state index in [0.29, 0.717) is 5.75 Å². The molecule has 2 N–H and O–H groups in total. The predicted molar refractivity (Wildman–Crippen MR) is 66.5 cm³/mol. The molecule has 1 fully saturated rings. The Morgan fingerprint density at radius 3 is 3.00 bits per heavy atom. The Morgan fingerprint density at radius 1 is 1.56 bits per heavy atom. The molecular formula is C12H17NO2S. The molecule has 2 rings (SSSR count). The Kier molecular flexibility index (Phi) is 3.61. The van der Waals surface area contributed by atoms with Gasteiger partial charge in [0.15, 0.2) is 0 Å². The van der Waals surface area contributed by atoms with Crippen molar-refractivity contribution in [3.05, 3.63) is 29.8 Å². The molecule has 0 spiro atoms. The zero-order valence-electron chi connectivity index (χ0n) is 9.39. The van der Waals surface area contributed by atoms with Gasteiger partial charge in [0.25, 0.3) is 0 Å². The smallest absolute Gasteiger partial charge is 0.0691 e. The second-order valence-corrected chi connectivity index (χ2v) is 5.83. The van der Waals surface area contributed by atoms with Crippen molar-refractivity contribution in [3.8, 4) is 0 Å². The molecule has 1 aromatic carbocycles. The van der Waals surface area contributed by atoms with Crippen molar-refractivity contribution in [1.29, 1.82) is 0 Å². The molecule has 3 unspecified atom stereocenters. The van der Waals surface area contributed by atoms with Crippen LogP contribution in [0.5, 0.6) is 0 Å². The Balaban J connectivity index is 2.02. The normalized spacial score (nSPS) is 26.8. The average molecular weight is 239 g/mol. The van der Waals surface area contributed by atoms with E-state index in [1.807, 2.05) is 31.2 Å². The molecule has 0 amide bonds. The summed E-state index contributed by atoms with van der Waals surface area (Å²) in [5.74, 6) is 0.573. The van der Waals surface area contributed by atoms with E-state index < -0.39 is 10.8 Å². The average Bonchev–Trinajstić information content (AvgIpc) is 2.64.